The Bertz CT molecular complexity index is 2630. The number of alkyl halides is 3. The minimum atomic E-state index is -4.28. The maximum atomic E-state index is 13.3. The molecule has 0 saturated carbocycles. The minimum Gasteiger partial charge on any atom is -0.490 e. The van der Waals surface area contributed by atoms with Gasteiger partial charge in [0.2, 0.25) is 0 Å². The van der Waals surface area contributed by atoms with Crippen molar-refractivity contribution in [2.45, 2.75) is 220 Å². The summed E-state index contributed by atoms with van der Waals surface area (Å²) in [5.41, 5.74) is 7.38. The van der Waals surface area contributed by atoms with E-state index in [9.17, 15) is 17.6 Å². The highest BCUT2D eigenvalue weighted by molar-refractivity contribution is 6.30. The van der Waals surface area contributed by atoms with Crippen LogP contribution in [-0.2, 0) is 22.4 Å². The molecule has 8 rings (SSSR count). The first kappa shape index (κ1) is 67.9. The molecule has 3 atom stereocenters. The molecule has 4 fully saturated rings. The van der Waals surface area contributed by atoms with Crippen LogP contribution in [0.1, 0.15) is 190 Å². The third-order valence-electron chi connectivity index (χ3n) is 18.2. The Labute approximate surface area is 506 Å². The van der Waals surface area contributed by atoms with Gasteiger partial charge in [0.05, 0.1) is 5.56 Å². The van der Waals surface area contributed by atoms with Gasteiger partial charge in [0, 0.05) is 55.4 Å². The van der Waals surface area contributed by atoms with Crippen LogP contribution in [0.15, 0.2) is 138 Å². The van der Waals surface area contributed by atoms with Crippen LogP contribution in [0.3, 0.4) is 0 Å². The molecule has 3 unspecified atom stereocenters. The SMILES string of the molecule is CC(C)=CC(CC(C)(C)c1ccc(C(F)(F)F)cc1)N1CCC(N2CCCC2)CC1.CC(C)=CC(CC(C)(C)c1ccc(Cl)cc1)N1CCC(Oc2ccccc2)CC1.CC(C)=CC(CC(C)(C)c1ccc(F)cc1)N1CCC(C)(C)CC1. The third kappa shape index (κ3) is 21.6. The summed E-state index contributed by atoms with van der Waals surface area (Å²) in [6.07, 6.45) is 16.1. The number of benzene rings is 4. The Morgan fingerprint density at radius 2 is 0.880 bits per heavy atom. The smallest absolute Gasteiger partial charge is 0.416 e. The standard InChI is InChI=1S/C26H34ClNO.C25H37F3N2.C22H34FN/c1-20(2)18-23(19-26(3,4)21-10-12-22(27)13-11-21)28-16-14-25(15-17-28)29-24-8-6-5-7-9-24;1-19(2)17-23(30-15-11-22(12-16-30)29-13-5-6-14-29)18-24(3,4)20-7-9-21(10-8-20)25(26,27)28;1-17(2)15-20(24-13-11-21(3,4)12-14-24)16-22(5,6)18-7-9-19(23)10-8-18/h5-13,18,23,25H,14-17,19H2,1-4H3;7-10,17,22-23H,5-6,11-16,18H2,1-4H3;7-10,15,20H,11-14,16H2,1-6H3. The van der Waals surface area contributed by atoms with Crippen LogP contribution in [-0.4, -0.2) is 102 Å². The second-order valence-electron chi connectivity index (χ2n) is 28.2. The van der Waals surface area contributed by atoms with Gasteiger partial charge < -0.3 is 9.64 Å². The molecule has 4 aromatic carbocycles. The number of piperidine rings is 3. The molecule has 4 aliphatic heterocycles. The van der Waals surface area contributed by atoms with Gasteiger partial charge in [-0.2, -0.15) is 13.2 Å². The van der Waals surface area contributed by atoms with E-state index >= 15 is 0 Å². The molecular weight excluding hydrogens is 1060 g/mol. The number of likely N-dealkylation sites (tertiary alicyclic amines) is 4. The molecule has 0 bridgehead atoms. The summed E-state index contributed by atoms with van der Waals surface area (Å²) in [7, 11) is 0. The molecule has 83 heavy (non-hydrogen) atoms. The van der Waals surface area contributed by atoms with Crippen LogP contribution in [0.5, 0.6) is 5.75 Å². The molecule has 0 aromatic heterocycles. The van der Waals surface area contributed by atoms with E-state index in [4.69, 9.17) is 16.3 Å². The summed E-state index contributed by atoms with van der Waals surface area (Å²) in [6, 6.07) is 33.2. The molecule has 0 aliphatic carbocycles. The second-order valence-corrected chi connectivity index (χ2v) is 28.6. The average Bonchev–Trinajstić information content (AvgIpc) is 4.08. The molecule has 0 radical (unpaired) electrons. The van der Waals surface area contributed by atoms with Crippen LogP contribution in [0.2, 0.25) is 5.02 Å². The van der Waals surface area contributed by atoms with E-state index in [2.05, 4.69) is 147 Å². The highest BCUT2D eigenvalue weighted by Crippen LogP contribution is 2.39. The highest BCUT2D eigenvalue weighted by atomic mass is 35.5. The van der Waals surface area contributed by atoms with Crippen molar-refractivity contribution < 1.29 is 22.3 Å². The minimum absolute atomic E-state index is 0.0251. The maximum absolute atomic E-state index is 13.3. The summed E-state index contributed by atoms with van der Waals surface area (Å²) in [5, 5.41) is 0.797. The van der Waals surface area contributed by atoms with Gasteiger partial charge in [0.15, 0.2) is 0 Å². The first-order valence-corrected chi connectivity index (χ1v) is 31.7. The number of ether oxygens (including phenoxy) is 1. The highest BCUT2D eigenvalue weighted by Gasteiger charge is 2.36. The number of allylic oxidation sites excluding steroid dienone is 3. The van der Waals surface area contributed by atoms with Crippen LogP contribution in [0.25, 0.3) is 0 Å². The molecule has 0 N–H and O–H groups in total. The summed E-state index contributed by atoms with van der Waals surface area (Å²) in [6.45, 7) is 40.5. The molecule has 0 amide bonds. The Balaban J connectivity index is 0.000000201. The summed E-state index contributed by atoms with van der Waals surface area (Å²) in [5.74, 6) is 0.823. The van der Waals surface area contributed by atoms with Crippen molar-refractivity contribution in [3.8, 4) is 5.75 Å². The quantitative estimate of drug-likeness (QED) is 0.0729. The number of rotatable bonds is 18. The Morgan fingerprint density at radius 1 is 0.518 bits per heavy atom. The molecule has 4 aliphatic rings. The Kier molecular flexibility index (Phi) is 24.9. The zero-order valence-electron chi connectivity index (χ0n) is 53.5. The van der Waals surface area contributed by atoms with Crippen LogP contribution in [0, 0.1) is 11.2 Å². The molecule has 4 aromatic rings. The molecule has 4 saturated heterocycles. The van der Waals surface area contributed by atoms with Gasteiger partial charge in [-0.1, -0.05) is 157 Å². The van der Waals surface area contributed by atoms with Gasteiger partial charge in [-0.05, 0) is 225 Å². The van der Waals surface area contributed by atoms with Crippen molar-refractivity contribution in [2.75, 3.05) is 52.4 Å². The molecule has 5 nitrogen and oxygen atoms in total. The predicted octanol–water partition coefficient (Wildman–Crippen LogP) is 19.1. The van der Waals surface area contributed by atoms with Crippen LogP contribution >= 0.6 is 11.6 Å². The average molecular weight is 1170 g/mol. The van der Waals surface area contributed by atoms with Gasteiger partial charge in [-0.3, -0.25) is 14.7 Å². The van der Waals surface area contributed by atoms with E-state index in [0.717, 1.165) is 80.7 Å². The van der Waals surface area contributed by atoms with Crippen molar-refractivity contribution >= 4 is 11.6 Å². The van der Waals surface area contributed by atoms with Crippen molar-refractivity contribution in [3.05, 3.63) is 171 Å². The number of hydrogen-bond donors (Lipinski definition) is 0. The lowest BCUT2D eigenvalue weighted by Crippen LogP contribution is -2.48. The summed E-state index contributed by atoms with van der Waals surface area (Å²) in [4.78, 5) is 10.5. The van der Waals surface area contributed by atoms with Crippen molar-refractivity contribution in [3.63, 3.8) is 0 Å². The van der Waals surface area contributed by atoms with E-state index in [1.807, 2.05) is 54.6 Å². The lowest BCUT2D eigenvalue weighted by Gasteiger charge is -2.42. The zero-order valence-corrected chi connectivity index (χ0v) is 54.2. The van der Waals surface area contributed by atoms with Crippen molar-refractivity contribution in [2.24, 2.45) is 5.41 Å². The van der Waals surface area contributed by atoms with Crippen molar-refractivity contribution in [1.29, 1.82) is 0 Å². The maximum Gasteiger partial charge on any atom is 0.416 e. The summed E-state index contributed by atoms with van der Waals surface area (Å²) >= 11 is 6.10. The number of nitrogens with zero attached hydrogens (tertiary/aromatic N) is 4. The Hall–Kier alpha value is -4.25. The number of halogens is 5. The van der Waals surface area contributed by atoms with Gasteiger partial charge in [0.1, 0.15) is 17.7 Å². The predicted molar refractivity (Wildman–Crippen MR) is 344 cm³/mol. The van der Waals surface area contributed by atoms with E-state index in [1.165, 1.54) is 105 Å². The third-order valence-corrected chi connectivity index (χ3v) is 18.5. The first-order valence-electron chi connectivity index (χ1n) is 31.3. The van der Waals surface area contributed by atoms with E-state index in [1.54, 1.807) is 24.3 Å². The van der Waals surface area contributed by atoms with Gasteiger partial charge in [0.25, 0.3) is 0 Å². The molecule has 0 spiro atoms. The fourth-order valence-corrected chi connectivity index (χ4v) is 13.2. The number of para-hydroxylation sites is 1. The van der Waals surface area contributed by atoms with Gasteiger partial charge in [-0.15, -0.1) is 0 Å². The molecule has 10 heteroatoms. The van der Waals surface area contributed by atoms with Gasteiger partial charge in [-0.25, -0.2) is 4.39 Å². The lowest BCUT2D eigenvalue weighted by atomic mass is 9.77. The molecule has 4 heterocycles. The monoisotopic (exact) mass is 1160 g/mol. The van der Waals surface area contributed by atoms with E-state index < -0.39 is 11.7 Å². The second kappa shape index (κ2) is 30.4. The largest absolute Gasteiger partial charge is 0.490 e. The van der Waals surface area contributed by atoms with E-state index in [0.29, 0.717) is 29.6 Å². The van der Waals surface area contributed by atoms with Crippen molar-refractivity contribution in [1.82, 2.24) is 19.6 Å². The molecular formula is C73H105ClF4N4O. The van der Waals surface area contributed by atoms with Crippen LogP contribution < -0.4 is 4.74 Å². The lowest BCUT2D eigenvalue weighted by molar-refractivity contribution is -0.137. The fraction of sp³-hybridized carbons (Fsp3) is 0.589. The Morgan fingerprint density at radius 3 is 1.28 bits per heavy atom. The normalized spacial score (nSPS) is 19.3. The van der Waals surface area contributed by atoms with E-state index in [-0.39, 0.29) is 22.1 Å². The van der Waals surface area contributed by atoms with Gasteiger partial charge >= 0.3 is 6.18 Å². The molecule has 458 valence electrons. The number of hydrogen-bond acceptors (Lipinski definition) is 5. The topological polar surface area (TPSA) is 22.2 Å². The zero-order chi connectivity index (χ0) is 60.8. The van der Waals surface area contributed by atoms with Crippen LogP contribution in [0.4, 0.5) is 17.6 Å². The first-order chi connectivity index (χ1) is 39.0. The fourth-order valence-electron chi connectivity index (χ4n) is 13.0. The summed E-state index contributed by atoms with van der Waals surface area (Å²) < 4.78 is 58.3.